The molecule has 0 bridgehead atoms. The quantitative estimate of drug-likeness (QED) is 0.499. The highest BCUT2D eigenvalue weighted by molar-refractivity contribution is 7.99. The molecule has 0 unspecified atom stereocenters. The van der Waals surface area contributed by atoms with Crippen molar-refractivity contribution in [2.75, 3.05) is 0 Å². The van der Waals surface area contributed by atoms with Crippen LogP contribution in [0.4, 0.5) is 11.4 Å². The van der Waals surface area contributed by atoms with E-state index in [1.807, 2.05) is 0 Å². The van der Waals surface area contributed by atoms with Gasteiger partial charge in [0, 0.05) is 13.1 Å². The van der Waals surface area contributed by atoms with Gasteiger partial charge >= 0.3 is 0 Å². The molecule has 0 saturated carbocycles. The first-order chi connectivity index (χ1) is 11.9. The molecule has 3 rings (SSSR count). The molecule has 10 nitrogen and oxygen atoms in total. The zero-order chi connectivity index (χ0) is 18.1. The van der Waals surface area contributed by atoms with Crippen LogP contribution in [-0.4, -0.2) is 24.6 Å². The van der Waals surface area contributed by atoms with E-state index in [0.717, 1.165) is 23.4 Å². The number of benzene rings is 1. The van der Waals surface area contributed by atoms with Crippen molar-refractivity contribution in [2.45, 2.75) is 17.0 Å². The van der Waals surface area contributed by atoms with E-state index >= 15 is 0 Å². The van der Waals surface area contributed by atoms with Gasteiger partial charge < -0.3 is 8.98 Å². The summed E-state index contributed by atoms with van der Waals surface area (Å²) < 4.78 is 6.92. The Bertz CT molecular complexity index is 980. The van der Waals surface area contributed by atoms with Crippen LogP contribution in [-0.2, 0) is 7.05 Å². The van der Waals surface area contributed by atoms with Crippen LogP contribution in [0.15, 0.2) is 45.0 Å². The molecule has 0 amide bonds. The summed E-state index contributed by atoms with van der Waals surface area (Å²) in [5.74, 6) is 1.23. The van der Waals surface area contributed by atoms with E-state index in [9.17, 15) is 20.2 Å². The molecular weight excluding hydrogens is 350 g/mol. The summed E-state index contributed by atoms with van der Waals surface area (Å²) in [5, 5.41) is 30.6. The summed E-state index contributed by atoms with van der Waals surface area (Å²) >= 11 is 1.01. The minimum absolute atomic E-state index is 0.238. The van der Waals surface area contributed by atoms with Gasteiger partial charge in [0.1, 0.15) is 5.76 Å². The van der Waals surface area contributed by atoms with Gasteiger partial charge in [-0.15, -0.1) is 10.2 Å². The van der Waals surface area contributed by atoms with Crippen LogP contribution >= 0.6 is 11.8 Å². The first kappa shape index (κ1) is 16.6. The molecule has 0 aliphatic heterocycles. The summed E-state index contributed by atoms with van der Waals surface area (Å²) in [6, 6.07) is 5.23. The monoisotopic (exact) mass is 361 g/mol. The second-order valence-corrected chi connectivity index (χ2v) is 6.03. The predicted molar refractivity (Wildman–Crippen MR) is 87.3 cm³/mol. The minimum atomic E-state index is -0.677. The third kappa shape index (κ3) is 3.08. The fourth-order valence-corrected chi connectivity index (χ4v) is 3.08. The number of nitrogens with zero attached hydrogens (tertiary/aromatic N) is 5. The van der Waals surface area contributed by atoms with Crippen LogP contribution in [0, 0.1) is 27.2 Å². The zero-order valence-corrected chi connectivity index (χ0v) is 13.9. The number of hydrogen-bond acceptors (Lipinski definition) is 8. The van der Waals surface area contributed by atoms with Crippen molar-refractivity contribution in [3.8, 4) is 11.4 Å². The van der Waals surface area contributed by atoms with Gasteiger partial charge in [0.2, 0.25) is 0 Å². The lowest BCUT2D eigenvalue weighted by molar-refractivity contribution is -0.396. The van der Waals surface area contributed by atoms with Crippen LogP contribution in [0.2, 0.25) is 0 Å². The number of rotatable bonds is 5. The highest BCUT2D eigenvalue weighted by Crippen LogP contribution is 2.37. The molecule has 0 saturated heterocycles. The lowest BCUT2D eigenvalue weighted by Crippen LogP contribution is -1.97. The SMILES string of the molecule is Cc1occc1-c1nnc(Sc2ccc([N+](=O)[O-])cc2[N+](=O)[O-])n1C. The van der Waals surface area contributed by atoms with Crippen molar-refractivity contribution in [3.05, 3.63) is 56.5 Å². The normalized spacial score (nSPS) is 10.8. The van der Waals surface area contributed by atoms with Crippen LogP contribution < -0.4 is 0 Å². The molecule has 0 fully saturated rings. The predicted octanol–water partition coefficient (Wildman–Crippen LogP) is 3.35. The number of aryl methyl sites for hydroxylation is 1. The van der Waals surface area contributed by atoms with E-state index in [4.69, 9.17) is 4.42 Å². The van der Waals surface area contributed by atoms with Gasteiger partial charge in [-0.3, -0.25) is 20.2 Å². The van der Waals surface area contributed by atoms with E-state index in [0.29, 0.717) is 16.7 Å². The topological polar surface area (TPSA) is 130 Å². The third-order valence-electron chi connectivity index (χ3n) is 3.49. The number of non-ortho nitro benzene ring substituents is 1. The summed E-state index contributed by atoms with van der Waals surface area (Å²) in [5.41, 5.74) is 0.0621. The second kappa shape index (κ2) is 6.36. The van der Waals surface area contributed by atoms with Crippen LogP contribution in [0.25, 0.3) is 11.4 Å². The highest BCUT2D eigenvalue weighted by Gasteiger charge is 2.23. The first-order valence-electron chi connectivity index (χ1n) is 6.93. The van der Waals surface area contributed by atoms with Crippen molar-refractivity contribution in [1.29, 1.82) is 0 Å². The van der Waals surface area contributed by atoms with Crippen molar-refractivity contribution in [3.63, 3.8) is 0 Å². The lowest BCUT2D eigenvalue weighted by Gasteiger charge is -2.04. The van der Waals surface area contributed by atoms with Crippen LogP contribution in [0.3, 0.4) is 0 Å². The zero-order valence-electron chi connectivity index (χ0n) is 13.1. The van der Waals surface area contributed by atoms with Crippen molar-refractivity contribution < 1.29 is 14.3 Å². The molecular formula is C14H11N5O5S. The van der Waals surface area contributed by atoms with E-state index < -0.39 is 9.85 Å². The summed E-state index contributed by atoms with van der Waals surface area (Å²) in [6.07, 6.45) is 1.54. The molecule has 3 aromatic rings. The summed E-state index contributed by atoms with van der Waals surface area (Å²) in [7, 11) is 1.72. The standard InChI is InChI=1S/C14H11N5O5S/c1-8-10(5-6-24-8)13-15-16-14(17(13)2)25-12-4-3-9(18(20)21)7-11(12)19(22)23/h3-7H,1-2H3. The Morgan fingerprint density at radius 1 is 1.16 bits per heavy atom. The van der Waals surface area contributed by atoms with Gasteiger partial charge in [-0.25, -0.2) is 0 Å². The molecule has 2 heterocycles. The van der Waals surface area contributed by atoms with Gasteiger partial charge in [0.15, 0.2) is 11.0 Å². The molecule has 0 aliphatic carbocycles. The maximum Gasteiger partial charge on any atom is 0.290 e. The molecule has 0 atom stereocenters. The summed E-state index contributed by atoms with van der Waals surface area (Å²) in [6.45, 7) is 1.79. The highest BCUT2D eigenvalue weighted by atomic mass is 32.2. The largest absolute Gasteiger partial charge is 0.469 e. The Kier molecular flexibility index (Phi) is 4.23. The molecule has 0 aliphatic rings. The maximum absolute atomic E-state index is 11.2. The smallest absolute Gasteiger partial charge is 0.290 e. The molecule has 11 heteroatoms. The number of nitro benzene ring substituents is 2. The molecule has 0 N–H and O–H groups in total. The first-order valence-corrected chi connectivity index (χ1v) is 7.74. The third-order valence-corrected chi connectivity index (χ3v) is 4.59. The Morgan fingerprint density at radius 3 is 2.52 bits per heavy atom. The van der Waals surface area contributed by atoms with Gasteiger partial charge in [0.05, 0.1) is 32.6 Å². The van der Waals surface area contributed by atoms with E-state index in [1.54, 1.807) is 24.6 Å². The van der Waals surface area contributed by atoms with E-state index in [1.165, 1.54) is 18.4 Å². The number of hydrogen-bond donors (Lipinski definition) is 0. The van der Waals surface area contributed by atoms with Crippen molar-refractivity contribution in [2.24, 2.45) is 7.05 Å². The number of aromatic nitrogens is 3. The van der Waals surface area contributed by atoms with E-state index in [-0.39, 0.29) is 16.3 Å². The van der Waals surface area contributed by atoms with Crippen molar-refractivity contribution in [1.82, 2.24) is 14.8 Å². The maximum atomic E-state index is 11.2. The second-order valence-electron chi connectivity index (χ2n) is 5.02. The molecule has 2 aromatic heterocycles. The Labute approximate surface area is 144 Å². The van der Waals surface area contributed by atoms with Crippen LogP contribution in [0.1, 0.15) is 5.76 Å². The van der Waals surface area contributed by atoms with Gasteiger partial charge in [0.25, 0.3) is 11.4 Å². The van der Waals surface area contributed by atoms with Gasteiger partial charge in [-0.2, -0.15) is 0 Å². The Morgan fingerprint density at radius 2 is 1.92 bits per heavy atom. The van der Waals surface area contributed by atoms with E-state index in [2.05, 4.69) is 10.2 Å². The fourth-order valence-electron chi connectivity index (χ4n) is 2.20. The van der Waals surface area contributed by atoms with Crippen LogP contribution in [0.5, 0.6) is 0 Å². The molecule has 25 heavy (non-hydrogen) atoms. The molecule has 0 spiro atoms. The Hall–Kier alpha value is -3.21. The fraction of sp³-hybridized carbons (Fsp3) is 0.143. The minimum Gasteiger partial charge on any atom is -0.469 e. The lowest BCUT2D eigenvalue weighted by atomic mass is 10.2. The number of furan rings is 1. The van der Waals surface area contributed by atoms with Gasteiger partial charge in [-0.1, -0.05) is 0 Å². The Balaban J connectivity index is 1.98. The number of nitro groups is 2. The summed E-state index contributed by atoms with van der Waals surface area (Å²) in [4.78, 5) is 20.9. The van der Waals surface area contributed by atoms with Gasteiger partial charge in [-0.05, 0) is 30.8 Å². The van der Waals surface area contributed by atoms with Crippen molar-refractivity contribution >= 4 is 23.1 Å². The molecule has 1 aromatic carbocycles. The average molecular weight is 361 g/mol. The average Bonchev–Trinajstić information content (AvgIpc) is 3.13. The molecule has 128 valence electrons. The molecule has 0 radical (unpaired) electrons.